The van der Waals surface area contributed by atoms with Crippen LogP contribution in [-0.4, -0.2) is 23.9 Å². The minimum Gasteiger partial charge on any atom is -0.370 e. The van der Waals surface area contributed by atoms with Gasteiger partial charge in [-0.3, -0.25) is 4.79 Å². The Morgan fingerprint density at radius 2 is 1.84 bits per heavy atom. The molecule has 1 amide bonds. The molecule has 0 radical (unpaired) electrons. The number of nitrogens with two attached hydrogens (primary N) is 3. The quantitative estimate of drug-likeness (QED) is 0.452. The van der Waals surface area contributed by atoms with Gasteiger partial charge < -0.3 is 22.5 Å². The number of amides is 1. The maximum Gasteiger partial charge on any atom is 0.253 e. The molecule has 7 nitrogen and oxygen atoms in total. The number of nitrogens with one attached hydrogen (secondary N) is 1. The number of carbonyl (C=O) groups is 1. The van der Waals surface area contributed by atoms with E-state index < -0.39 is 0 Å². The molecule has 0 unspecified atom stereocenters. The van der Waals surface area contributed by atoms with Crippen molar-refractivity contribution in [2.45, 2.75) is 19.9 Å². The molecule has 1 aromatic rings. The SMILES string of the molecule is CC(C)NC(=O)c1ccccc1N=C(N)N=C(N)N. The van der Waals surface area contributed by atoms with Crippen LogP contribution in [0.15, 0.2) is 34.3 Å². The van der Waals surface area contributed by atoms with Crippen LogP contribution in [0.4, 0.5) is 5.69 Å². The number of carbonyl (C=O) groups excluding carboxylic acids is 1. The number of guanidine groups is 2. The Hall–Kier alpha value is -2.57. The van der Waals surface area contributed by atoms with Crippen LogP contribution < -0.4 is 22.5 Å². The Kier molecular flexibility index (Phi) is 4.87. The van der Waals surface area contributed by atoms with Crippen molar-refractivity contribution < 1.29 is 4.79 Å². The molecule has 102 valence electrons. The van der Waals surface area contributed by atoms with E-state index in [4.69, 9.17) is 17.2 Å². The van der Waals surface area contributed by atoms with E-state index in [-0.39, 0.29) is 23.9 Å². The molecule has 19 heavy (non-hydrogen) atoms. The number of benzene rings is 1. The lowest BCUT2D eigenvalue weighted by atomic mass is 10.1. The largest absolute Gasteiger partial charge is 0.370 e. The van der Waals surface area contributed by atoms with Gasteiger partial charge in [0.25, 0.3) is 5.91 Å². The first-order chi connectivity index (χ1) is 8.90. The zero-order valence-electron chi connectivity index (χ0n) is 10.9. The van der Waals surface area contributed by atoms with Crippen LogP contribution in [0.25, 0.3) is 0 Å². The molecule has 0 saturated carbocycles. The lowest BCUT2D eigenvalue weighted by molar-refractivity contribution is 0.0944. The summed E-state index contributed by atoms with van der Waals surface area (Å²) in [5, 5.41) is 2.78. The normalized spacial score (nSPS) is 11.2. The minimum absolute atomic E-state index is 0.0274. The molecule has 0 bridgehead atoms. The van der Waals surface area contributed by atoms with Crippen molar-refractivity contribution in [1.82, 2.24) is 5.32 Å². The van der Waals surface area contributed by atoms with Crippen LogP contribution in [0.1, 0.15) is 24.2 Å². The van der Waals surface area contributed by atoms with Crippen molar-refractivity contribution in [3.8, 4) is 0 Å². The molecule has 0 aromatic heterocycles. The van der Waals surface area contributed by atoms with Gasteiger partial charge in [0, 0.05) is 6.04 Å². The third kappa shape index (κ3) is 4.66. The Morgan fingerprint density at radius 3 is 2.42 bits per heavy atom. The van der Waals surface area contributed by atoms with Crippen molar-refractivity contribution in [2.24, 2.45) is 27.2 Å². The molecule has 0 aliphatic carbocycles. The number of hydrogen-bond donors (Lipinski definition) is 4. The molecular weight excluding hydrogens is 244 g/mol. The van der Waals surface area contributed by atoms with Gasteiger partial charge in [0.2, 0.25) is 5.96 Å². The number of para-hydroxylation sites is 1. The lowest BCUT2D eigenvalue weighted by Gasteiger charge is -2.10. The highest BCUT2D eigenvalue weighted by Gasteiger charge is 2.11. The van der Waals surface area contributed by atoms with Gasteiger partial charge >= 0.3 is 0 Å². The standard InChI is InChI=1S/C12H18N6O/c1-7(2)16-10(19)8-5-3-4-6-9(8)17-12(15)18-11(13)14/h3-7H,1-2H3,(H,16,19)(H6,13,14,15,17,18). The molecule has 1 rings (SSSR count). The molecule has 0 aliphatic heterocycles. The third-order valence-corrected chi connectivity index (χ3v) is 2.05. The van der Waals surface area contributed by atoms with E-state index in [1.165, 1.54) is 0 Å². The number of nitrogens with zero attached hydrogens (tertiary/aromatic N) is 2. The first-order valence-corrected chi connectivity index (χ1v) is 5.74. The van der Waals surface area contributed by atoms with Crippen molar-refractivity contribution in [3.05, 3.63) is 29.8 Å². The van der Waals surface area contributed by atoms with E-state index in [1.807, 2.05) is 13.8 Å². The van der Waals surface area contributed by atoms with E-state index in [9.17, 15) is 4.79 Å². The zero-order valence-corrected chi connectivity index (χ0v) is 10.9. The van der Waals surface area contributed by atoms with Crippen molar-refractivity contribution in [3.63, 3.8) is 0 Å². The topological polar surface area (TPSA) is 132 Å². The van der Waals surface area contributed by atoms with Crippen molar-refractivity contribution in [1.29, 1.82) is 0 Å². The molecule has 1 aromatic carbocycles. The first kappa shape index (κ1) is 14.5. The monoisotopic (exact) mass is 262 g/mol. The summed E-state index contributed by atoms with van der Waals surface area (Å²) in [6.45, 7) is 3.75. The van der Waals surface area contributed by atoms with E-state index >= 15 is 0 Å². The summed E-state index contributed by atoms with van der Waals surface area (Å²) in [7, 11) is 0. The van der Waals surface area contributed by atoms with Gasteiger partial charge in [0.15, 0.2) is 5.96 Å². The summed E-state index contributed by atoms with van der Waals surface area (Å²) in [5.41, 5.74) is 16.8. The smallest absolute Gasteiger partial charge is 0.253 e. The second kappa shape index (κ2) is 6.39. The molecule has 0 fully saturated rings. The molecule has 7 N–H and O–H groups in total. The van der Waals surface area contributed by atoms with Crippen molar-refractivity contribution >= 4 is 23.5 Å². The maximum atomic E-state index is 12.0. The highest BCUT2D eigenvalue weighted by Crippen LogP contribution is 2.18. The van der Waals surface area contributed by atoms with Crippen LogP contribution in [0, 0.1) is 0 Å². The van der Waals surface area contributed by atoms with Crippen LogP contribution >= 0.6 is 0 Å². The average Bonchev–Trinajstić information content (AvgIpc) is 2.27. The molecule has 0 heterocycles. The first-order valence-electron chi connectivity index (χ1n) is 5.74. The van der Waals surface area contributed by atoms with Gasteiger partial charge in [-0.15, -0.1) is 0 Å². The Bertz CT molecular complexity index is 517. The predicted octanol–water partition coefficient (Wildman–Crippen LogP) is 0.0444. The van der Waals surface area contributed by atoms with E-state index in [1.54, 1.807) is 24.3 Å². The van der Waals surface area contributed by atoms with Gasteiger partial charge in [-0.1, -0.05) is 12.1 Å². The molecule has 0 saturated heterocycles. The second-order valence-corrected chi connectivity index (χ2v) is 4.15. The number of aliphatic imine (C=N–C) groups is 2. The molecular formula is C12H18N6O. The Morgan fingerprint density at radius 1 is 1.21 bits per heavy atom. The summed E-state index contributed by atoms with van der Waals surface area (Å²) >= 11 is 0. The number of hydrogen-bond acceptors (Lipinski definition) is 2. The molecule has 0 atom stereocenters. The summed E-state index contributed by atoms with van der Waals surface area (Å²) in [5.74, 6) is -0.526. The third-order valence-electron chi connectivity index (χ3n) is 2.05. The molecule has 7 heteroatoms. The minimum atomic E-state index is -0.230. The summed E-state index contributed by atoms with van der Waals surface area (Å²) in [6, 6.07) is 6.82. The van der Waals surface area contributed by atoms with Crippen LogP contribution in [-0.2, 0) is 0 Å². The van der Waals surface area contributed by atoms with E-state index in [2.05, 4.69) is 15.3 Å². The van der Waals surface area contributed by atoms with Gasteiger partial charge in [0.05, 0.1) is 11.3 Å². The average molecular weight is 262 g/mol. The van der Waals surface area contributed by atoms with Crippen molar-refractivity contribution in [2.75, 3.05) is 0 Å². The Balaban J connectivity index is 3.09. The summed E-state index contributed by atoms with van der Waals surface area (Å²) in [4.78, 5) is 19.6. The van der Waals surface area contributed by atoms with Gasteiger partial charge in [-0.05, 0) is 26.0 Å². The van der Waals surface area contributed by atoms with Gasteiger partial charge in [-0.2, -0.15) is 4.99 Å². The van der Waals surface area contributed by atoms with Gasteiger partial charge in [-0.25, -0.2) is 4.99 Å². The summed E-state index contributed by atoms with van der Waals surface area (Å²) in [6.07, 6.45) is 0. The number of rotatable bonds is 3. The molecule has 0 aliphatic rings. The zero-order chi connectivity index (χ0) is 14.4. The fourth-order valence-corrected chi connectivity index (χ4v) is 1.38. The van der Waals surface area contributed by atoms with E-state index in [0.29, 0.717) is 11.3 Å². The van der Waals surface area contributed by atoms with Gasteiger partial charge in [0.1, 0.15) is 0 Å². The predicted molar refractivity (Wildman–Crippen MR) is 76.1 cm³/mol. The lowest BCUT2D eigenvalue weighted by Crippen LogP contribution is -2.30. The summed E-state index contributed by atoms with van der Waals surface area (Å²) < 4.78 is 0. The fourth-order valence-electron chi connectivity index (χ4n) is 1.38. The van der Waals surface area contributed by atoms with Crippen LogP contribution in [0.2, 0.25) is 0 Å². The van der Waals surface area contributed by atoms with Crippen LogP contribution in [0.5, 0.6) is 0 Å². The van der Waals surface area contributed by atoms with E-state index in [0.717, 1.165) is 0 Å². The highest BCUT2D eigenvalue weighted by molar-refractivity contribution is 6.01. The highest BCUT2D eigenvalue weighted by atomic mass is 16.1. The molecule has 0 spiro atoms. The van der Waals surface area contributed by atoms with Crippen LogP contribution in [0.3, 0.4) is 0 Å². The second-order valence-electron chi connectivity index (χ2n) is 4.15. The maximum absolute atomic E-state index is 12.0. The fraction of sp³-hybridized carbons (Fsp3) is 0.250. The Labute approximate surface area is 111 Å².